The summed E-state index contributed by atoms with van der Waals surface area (Å²) < 4.78 is 0. The smallest absolute Gasteiger partial charge is 0.0431 e. The molecule has 0 aromatic rings. The van der Waals surface area contributed by atoms with Crippen LogP contribution in [-0.4, -0.2) is 48.8 Å². The lowest BCUT2D eigenvalue weighted by atomic mass is 9.99. The molecule has 0 radical (unpaired) electrons. The summed E-state index contributed by atoms with van der Waals surface area (Å²) >= 11 is 0. The fraction of sp³-hybridized carbons (Fsp3) is 1.00. The molecule has 0 amide bonds. The Kier molecular flexibility index (Phi) is 5.45. The molecule has 1 aliphatic rings. The van der Waals surface area contributed by atoms with E-state index < -0.39 is 0 Å². The summed E-state index contributed by atoms with van der Waals surface area (Å²) in [6.07, 6.45) is 4.54. The zero-order chi connectivity index (χ0) is 10.4. The first-order valence-electron chi connectivity index (χ1n) is 5.78. The highest BCUT2D eigenvalue weighted by atomic mass is 16.2. The van der Waals surface area contributed by atoms with Crippen LogP contribution in [0.15, 0.2) is 0 Å². The Balaban J connectivity index is 2.07. The summed E-state index contributed by atoms with van der Waals surface area (Å²) in [5.41, 5.74) is 0. The van der Waals surface area contributed by atoms with Gasteiger partial charge in [0.25, 0.3) is 0 Å². The number of nitrogens with one attached hydrogen (secondary N) is 1. The monoisotopic (exact) mass is 200 g/mol. The average molecular weight is 200 g/mol. The number of likely N-dealkylation sites (tertiary alicyclic amines) is 1. The molecule has 1 rings (SSSR count). The Morgan fingerprint density at radius 3 is 2.86 bits per heavy atom. The Labute approximate surface area is 87.5 Å². The summed E-state index contributed by atoms with van der Waals surface area (Å²) in [6, 6.07) is 1.40. The number of piperidine rings is 1. The first-order chi connectivity index (χ1) is 6.74. The van der Waals surface area contributed by atoms with Crippen LogP contribution in [0.3, 0.4) is 0 Å². The van der Waals surface area contributed by atoms with Gasteiger partial charge in [-0.2, -0.15) is 0 Å². The van der Waals surface area contributed by atoms with Gasteiger partial charge in [0.2, 0.25) is 0 Å². The molecule has 14 heavy (non-hydrogen) atoms. The summed E-state index contributed by atoms with van der Waals surface area (Å²) in [6.45, 7) is 4.88. The minimum atomic E-state index is 0.325. The van der Waals surface area contributed by atoms with Gasteiger partial charge in [-0.05, 0) is 52.7 Å². The molecule has 2 unspecified atom stereocenters. The van der Waals surface area contributed by atoms with Gasteiger partial charge in [0, 0.05) is 18.7 Å². The minimum Gasteiger partial charge on any atom is -0.396 e. The molecule has 84 valence electrons. The predicted molar refractivity (Wildman–Crippen MR) is 59.4 cm³/mol. The molecule has 1 aliphatic heterocycles. The Bertz CT molecular complexity index is 152. The van der Waals surface area contributed by atoms with Gasteiger partial charge >= 0.3 is 0 Å². The molecule has 0 aliphatic carbocycles. The zero-order valence-corrected chi connectivity index (χ0v) is 9.50. The van der Waals surface area contributed by atoms with Crippen molar-refractivity contribution in [1.82, 2.24) is 10.2 Å². The van der Waals surface area contributed by atoms with Crippen molar-refractivity contribution >= 4 is 0 Å². The maximum atomic E-state index is 8.65. The van der Waals surface area contributed by atoms with Gasteiger partial charge in [0.15, 0.2) is 0 Å². The van der Waals surface area contributed by atoms with Gasteiger partial charge in [0.1, 0.15) is 0 Å². The van der Waals surface area contributed by atoms with Gasteiger partial charge in [-0.1, -0.05) is 0 Å². The molecule has 1 saturated heterocycles. The number of aliphatic hydroxyl groups is 1. The van der Waals surface area contributed by atoms with E-state index in [-0.39, 0.29) is 0 Å². The van der Waals surface area contributed by atoms with Gasteiger partial charge in [-0.25, -0.2) is 0 Å². The molecule has 2 atom stereocenters. The number of hydrogen-bond donors (Lipinski definition) is 2. The van der Waals surface area contributed by atoms with Crippen LogP contribution in [0.5, 0.6) is 0 Å². The maximum absolute atomic E-state index is 8.65. The van der Waals surface area contributed by atoms with E-state index in [1.54, 1.807) is 0 Å². The lowest BCUT2D eigenvalue weighted by molar-refractivity contribution is 0.168. The lowest BCUT2D eigenvalue weighted by Gasteiger charge is -2.35. The third-order valence-corrected chi connectivity index (χ3v) is 3.23. The van der Waals surface area contributed by atoms with Crippen molar-refractivity contribution in [3.63, 3.8) is 0 Å². The van der Waals surface area contributed by atoms with Gasteiger partial charge < -0.3 is 15.3 Å². The second kappa shape index (κ2) is 6.38. The van der Waals surface area contributed by atoms with E-state index in [1.807, 2.05) is 0 Å². The molecule has 3 heteroatoms. The van der Waals surface area contributed by atoms with E-state index in [0.29, 0.717) is 18.7 Å². The second-order valence-corrected chi connectivity index (χ2v) is 4.44. The third kappa shape index (κ3) is 3.95. The Morgan fingerprint density at radius 2 is 2.21 bits per heavy atom. The van der Waals surface area contributed by atoms with E-state index in [0.717, 1.165) is 19.4 Å². The number of rotatable bonds is 5. The molecular formula is C11H24N2O. The highest BCUT2D eigenvalue weighted by Crippen LogP contribution is 2.14. The van der Waals surface area contributed by atoms with Crippen LogP contribution in [0.1, 0.15) is 32.6 Å². The van der Waals surface area contributed by atoms with Crippen LogP contribution >= 0.6 is 0 Å². The van der Waals surface area contributed by atoms with Crippen molar-refractivity contribution in [1.29, 1.82) is 0 Å². The summed E-state index contributed by atoms with van der Waals surface area (Å²) in [5.74, 6) is 0. The van der Waals surface area contributed by atoms with E-state index in [9.17, 15) is 0 Å². The molecule has 0 saturated carbocycles. The zero-order valence-electron chi connectivity index (χ0n) is 9.50. The second-order valence-electron chi connectivity index (χ2n) is 4.44. The molecular weight excluding hydrogens is 176 g/mol. The third-order valence-electron chi connectivity index (χ3n) is 3.23. The first kappa shape index (κ1) is 12.0. The van der Waals surface area contributed by atoms with Gasteiger partial charge in [-0.15, -0.1) is 0 Å². The molecule has 3 nitrogen and oxygen atoms in total. The molecule has 0 bridgehead atoms. The van der Waals surface area contributed by atoms with E-state index in [2.05, 4.69) is 24.2 Å². The molecule has 0 aromatic carbocycles. The largest absolute Gasteiger partial charge is 0.396 e. The number of unbranched alkanes of at least 4 members (excludes halogenated alkanes) is 1. The standard InChI is InChI=1S/C11H24N2O/c1-10-9-11(5-7-13(10)2)12-6-3-4-8-14/h10-12,14H,3-9H2,1-2H3. The summed E-state index contributed by atoms with van der Waals surface area (Å²) in [7, 11) is 2.20. The molecule has 0 aromatic heterocycles. The van der Waals surface area contributed by atoms with Crippen LogP contribution < -0.4 is 5.32 Å². The summed E-state index contributed by atoms with van der Waals surface area (Å²) in [4.78, 5) is 2.42. The van der Waals surface area contributed by atoms with Crippen molar-refractivity contribution in [3.05, 3.63) is 0 Å². The highest BCUT2D eigenvalue weighted by Gasteiger charge is 2.21. The number of hydrogen-bond acceptors (Lipinski definition) is 3. The normalized spacial score (nSPS) is 29.4. The van der Waals surface area contributed by atoms with Crippen LogP contribution in [0, 0.1) is 0 Å². The quantitative estimate of drug-likeness (QED) is 0.645. The molecule has 1 fully saturated rings. The van der Waals surface area contributed by atoms with E-state index in [4.69, 9.17) is 5.11 Å². The molecule has 2 N–H and O–H groups in total. The first-order valence-corrected chi connectivity index (χ1v) is 5.78. The minimum absolute atomic E-state index is 0.325. The number of aliphatic hydroxyl groups excluding tert-OH is 1. The van der Waals surface area contributed by atoms with Crippen LogP contribution in [-0.2, 0) is 0 Å². The van der Waals surface area contributed by atoms with E-state index >= 15 is 0 Å². The van der Waals surface area contributed by atoms with E-state index in [1.165, 1.54) is 19.4 Å². The predicted octanol–water partition coefficient (Wildman–Crippen LogP) is 0.831. The maximum Gasteiger partial charge on any atom is 0.0431 e. The SMILES string of the molecule is CC1CC(NCCCCO)CCN1C. The van der Waals surface area contributed by atoms with Gasteiger partial charge in [-0.3, -0.25) is 0 Å². The topological polar surface area (TPSA) is 35.5 Å². The van der Waals surface area contributed by atoms with Crippen LogP contribution in [0.2, 0.25) is 0 Å². The number of nitrogens with zero attached hydrogens (tertiary/aromatic N) is 1. The molecule has 1 heterocycles. The Morgan fingerprint density at radius 1 is 1.43 bits per heavy atom. The van der Waals surface area contributed by atoms with Crippen molar-refractivity contribution in [2.45, 2.75) is 44.7 Å². The van der Waals surface area contributed by atoms with Crippen molar-refractivity contribution < 1.29 is 5.11 Å². The van der Waals surface area contributed by atoms with Crippen molar-refractivity contribution in [3.8, 4) is 0 Å². The van der Waals surface area contributed by atoms with Crippen molar-refractivity contribution in [2.24, 2.45) is 0 Å². The fourth-order valence-electron chi connectivity index (χ4n) is 2.02. The lowest BCUT2D eigenvalue weighted by Crippen LogP contribution is -2.45. The fourth-order valence-corrected chi connectivity index (χ4v) is 2.02. The highest BCUT2D eigenvalue weighted by molar-refractivity contribution is 4.80. The molecule has 0 spiro atoms. The van der Waals surface area contributed by atoms with Gasteiger partial charge in [0.05, 0.1) is 0 Å². The van der Waals surface area contributed by atoms with Crippen molar-refractivity contribution in [2.75, 3.05) is 26.7 Å². The van der Waals surface area contributed by atoms with Crippen LogP contribution in [0.25, 0.3) is 0 Å². The summed E-state index contributed by atoms with van der Waals surface area (Å²) in [5, 5.41) is 12.2. The Hall–Kier alpha value is -0.120. The average Bonchev–Trinajstić information content (AvgIpc) is 2.18. The van der Waals surface area contributed by atoms with Crippen LogP contribution in [0.4, 0.5) is 0 Å².